The van der Waals surface area contributed by atoms with Crippen molar-refractivity contribution >= 4 is 23.2 Å². The fraction of sp³-hybridized carbons (Fsp3) is 0.389. The van der Waals surface area contributed by atoms with E-state index in [-0.39, 0.29) is 17.7 Å². The number of likely N-dealkylation sites (tertiary alicyclic amines) is 1. The smallest absolute Gasteiger partial charge is 0.265 e. The molecule has 1 saturated heterocycles. The number of nitrogens with two attached hydrogens (primary N) is 1. The molecule has 1 aromatic carbocycles. The molecule has 1 fully saturated rings. The van der Waals surface area contributed by atoms with Crippen molar-refractivity contribution in [1.29, 1.82) is 0 Å². The first-order chi connectivity index (χ1) is 11.5. The molecule has 0 bridgehead atoms. The molecule has 1 aromatic heterocycles. The number of primary amides is 1. The SMILES string of the molecule is Cc1ccc(-c2nc(C)c(C(=O)N3CCC(C(N)=O)CC3)s2)cc1. The number of aromatic nitrogens is 1. The van der Waals surface area contributed by atoms with Crippen molar-refractivity contribution in [2.75, 3.05) is 13.1 Å². The van der Waals surface area contributed by atoms with Crippen LogP contribution >= 0.6 is 11.3 Å². The van der Waals surface area contributed by atoms with Crippen LogP contribution in [0.4, 0.5) is 0 Å². The van der Waals surface area contributed by atoms with Gasteiger partial charge in [-0.2, -0.15) is 0 Å². The largest absolute Gasteiger partial charge is 0.369 e. The van der Waals surface area contributed by atoms with Crippen LogP contribution in [-0.4, -0.2) is 34.8 Å². The van der Waals surface area contributed by atoms with Crippen molar-refractivity contribution < 1.29 is 9.59 Å². The van der Waals surface area contributed by atoms with Crippen LogP contribution in [0.2, 0.25) is 0 Å². The Morgan fingerprint density at radius 2 is 1.79 bits per heavy atom. The molecule has 0 saturated carbocycles. The molecular formula is C18H21N3O2S. The summed E-state index contributed by atoms with van der Waals surface area (Å²) < 4.78 is 0. The molecule has 24 heavy (non-hydrogen) atoms. The van der Waals surface area contributed by atoms with Crippen LogP contribution in [0, 0.1) is 19.8 Å². The summed E-state index contributed by atoms with van der Waals surface area (Å²) in [4.78, 5) is 31.1. The van der Waals surface area contributed by atoms with Crippen molar-refractivity contribution in [2.45, 2.75) is 26.7 Å². The lowest BCUT2D eigenvalue weighted by molar-refractivity contribution is -0.123. The zero-order valence-corrected chi connectivity index (χ0v) is 14.7. The Labute approximate surface area is 145 Å². The summed E-state index contributed by atoms with van der Waals surface area (Å²) >= 11 is 1.43. The monoisotopic (exact) mass is 343 g/mol. The number of carbonyl (C=O) groups is 2. The van der Waals surface area contributed by atoms with Crippen LogP contribution in [0.5, 0.6) is 0 Å². The number of carbonyl (C=O) groups excluding carboxylic acids is 2. The molecular weight excluding hydrogens is 322 g/mol. The maximum atomic E-state index is 12.8. The van der Waals surface area contributed by atoms with E-state index in [9.17, 15) is 9.59 Å². The highest BCUT2D eigenvalue weighted by Gasteiger charge is 2.28. The minimum Gasteiger partial charge on any atom is -0.369 e. The number of thiazole rings is 1. The van der Waals surface area contributed by atoms with Gasteiger partial charge in [-0.1, -0.05) is 29.8 Å². The lowest BCUT2D eigenvalue weighted by Gasteiger charge is -2.30. The van der Waals surface area contributed by atoms with Gasteiger partial charge in [0.15, 0.2) is 0 Å². The van der Waals surface area contributed by atoms with Crippen molar-refractivity contribution in [3.05, 3.63) is 40.4 Å². The molecule has 2 aromatic rings. The van der Waals surface area contributed by atoms with E-state index in [1.807, 2.05) is 38.1 Å². The van der Waals surface area contributed by atoms with E-state index in [4.69, 9.17) is 5.73 Å². The topological polar surface area (TPSA) is 76.3 Å². The van der Waals surface area contributed by atoms with Gasteiger partial charge >= 0.3 is 0 Å². The molecule has 6 heteroatoms. The van der Waals surface area contributed by atoms with Gasteiger partial charge in [0.2, 0.25) is 5.91 Å². The summed E-state index contributed by atoms with van der Waals surface area (Å²) in [6.07, 6.45) is 1.29. The number of aryl methyl sites for hydroxylation is 2. The van der Waals surface area contributed by atoms with E-state index in [0.29, 0.717) is 30.8 Å². The van der Waals surface area contributed by atoms with Crippen molar-refractivity contribution in [1.82, 2.24) is 9.88 Å². The Kier molecular flexibility index (Phi) is 4.66. The summed E-state index contributed by atoms with van der Waals surface area (Å²) in [6, 6.07) is 8.14. The molecule has 0 atom stereocenters. The fourth-order valence-electron chi connectivity index (χ4n) is 2.93. The Balaban J connectivity index is 1.76. The van der Waals surface area contributed by atoms with Gasteiger partial charge in [0.1, 0.15) is 9.88 Å². The lowest BCUT2D eigenvalue weighted by atomic mass is 9.96. The van der Waals surface area contributed by atoms with Crippen LogP contribution in [0.1, 0.15) is 33.8 Å². The first kappa shape index (κ1) is 16.6. The molecule has 5 nitrogen and oxygen atoms in total. The number of benzene rings is 1. The number of nitrogens with zero attached hydrogens (tertiary/aromatic N) is 2. The van der Waals surface area contributed by atoms with E-state index in [1.54, 1.807) is 4.90 Å². The first-order valence-corrected chi connectivity index (χ1v) is 8.90. The average molecular weight is 343 g/mol. The number of rotatable bonds is 3. The van der Waals surface area contributed by atoms with Gasteiger partial charge in [0.25, 0.3) is 5.91 Å². The second-order valence-corrected chi connectivity index (χ2v) is 7.27. The number of amides is 2. The predicted molar refractivity (Wildman–Crippen MR) is 94.8 cm³/mol. The van der Waals surface area contributed by atoms with Crippen LogP contribution in [-0.2, 0) is 4.79 Å². The van der Waals surface area contributed by atoms with Crippen LogP contribution < -0.4 is 5.73 Å². The summed E-state index contributed by atoms with van der Waals surface area (Å²) in [5, 5.41) is 0.864. The van der Waals surface area contributed by atoms with E-state index in [0.717, 1.165) is 16.3 Å². The van der Waals surface area contributed by atoms with Gasteiger partial charge < -0.3 is 10.6 Å². The third-order valence-corrected chi connectivity index (χ3v) is 5.67. The van der Waals surface area contributed by atoms with Crippen molar-refractivity contribution in [3.63, 3.8) is 0 Å². The highest BCUT2D eigenvalue weighted by Crippen LogP contribution is 2.30. The molecule has 126 valence electrons. The highest BCUT2D eigenvalue weighted by atomic mass is 32.1. The van der Waals surface area contributed by atoms with Gasteiger partial charge in [-0.25, -0.2) is 4.98 Å². The molecule has 0 unspecified atom stereocenters. The molecule has 1 aliphatic heterocycles. The molecule has 2 N–H and O–H groups in total. The zero-order chi connectivity index (χ0) is 17.3. The average Bonchev–Trinajstić information content (AvgIpc) is 2.96. The molecule has 2 amide bonds. The maximum Gasteiger partial charge on any atom is 0.265 e. The number of hydrogen-bond acceptors (Lipinski definition) is 4. The van der Waals surface area contributed by atoms with E-state index < -0.39 is 0 Å². The predicted octanol–water partition coefficient (Wildman–Crippen LogP) is 2.76. The zero-order valence-electron chi connectivity index (χ0n) is 13.9. The van der Waals surface area contributed by atoms with Crippen molar-refractivity contribution in [2.24, 2.45) is 11.7 Å². The van der Waals surface area contributed by atoms with Gasteiger partial charge in [-0.05, 0) is 26.7 Å². The Morgan fingerprint density at radius 3 is 2.38 bits per heavy atom. The number of piperidine rings is 1. The normalized spacial score (nSPS) is 15.5. The van der Waals surface area contributed by atoms with Gasteiger partial charge in [0.05, 0.1) is 5.69 Å². The first-order valence-electron chi connectivity index (χ1n) is 8.08. The fourth-order valence-corrected chi connectivity index (χ4v) is 3.96. The number of hydrogen-bond donors (Lipinski definition) is 1. The standard InChI is InChI=1S/C18H21N3O2S/c1-11-3-5-14(6-4-11)17-20-12(2)15(24-17)18(23)21-9-7-13(8-10-21)16(19)22/h3-6,13H,7-10H2,1-2H3,(H2,19,22). The third kappa shape index (κ3) is 3.33. The molecule has 3 rings (SSSR count). The van der Waals surface area contributed by atoms with Crippen LogP contribution in [0.15, 0.2) is 24.3 Å². The summed E-state index contributed by atoms with van der Waals surface area (Å²) in [6.45, 7) is 5.06. The molecule has 2 heterocycles. The highest BCUT2D eigenvalue weighted by molar-refractivity contribution is 7.17. The summed E-state index contributed by atoms with van der Waals surface area (Å²) in [5.41, 5.74) is 8.34. The molecule has 1 aliphatic rings. The van der Waals surface area contributed by atoms with Gasteiger partial charge in [-0.3, -0.25) is 9.59 Å². The third-order valence-electron chi connectivity index (χ3n) is 4.47. The van der Waals surface area contributed by atoms with E-state index in [2.05, 4.69) is 4.98 Å². The summed E-state index contributed by atoms with van der Waals surface area (Å²) in [7, 11) is 0. The second-order valence-electron chi connectivity index (χ2n) is 6.27. The van der Waals surface area contributed by atoms with Gasteiger partial charge in [-0.15, -0.1) is 11.3 Å². The lowest BCUT2D eigenvalue weighted by Crippen LogP contribution is -2.41. The van der Waals surface area contributed by atoms with E-state index >= 15 is 0 Å². The molecule has 0 aliphatic carbocycles. The van der Waals surface area contributed by atoms with Crippen LogP contribution in [0.25, 0.3) is 10.6 Å². The Morgan fingerprint density at radius 1 is 1.17 bits per heavy atom. The Hall–Kier alpha value is -2.21. The Bertz CT molecular complexity index is 759. The van der Waals surface area contributed by atoms with Gasteiger partial charge in [0, 0.05) is 24.6 Å². The molecule has 0 spiro atoms. The quantitative estimate of drug-likeness (QED) is 0.931. The summed E-state index contributed by atoms with van der Waals surface area (Å²) in [5.74, 6) is -0.372. The minimum absolute atomic E-state index is 0.00582. The second kappa shape index (κ2) is 6.73. The van der Waals surface area contributed by atoms with Crippen molar-refractivity contribution in [3.8, 4) is 10.6 Å². The van der Waals surface area contributed by atoms with Crippen LogP contribution in [0.3, 0.4) is 0 Å². The molecule has 0 radical (unpaired) electrons. The van der Waals surface area contributed by atoms with E-state index in [1.165, 1.54) is 16.9 Å². The maximum absolute atomic E-state index is 12.8. The minimum atomic E-state index is -0.266.